The number of aryl methyl sites for hydroxylation is 1. The minimum absolute atomic E-state index is 0.0990. The van der Waals surface area contributed by atoms with Gasteiger partial charge >= 0.3 is 6.03 Å². The Kier molecular flexibility index (Phi) is 7.12. The van der Waals surface area contributed by atoms with Crippen LogP contribution in [0, 0.1) is 6.92 Å². The first-order valence-corrected chi connectivity index (χ1v) is 11.6. The summed E-state index contributed by atoms with van der Waals surface area (Å²) in [6.07, 6.45) is 6.00. The molecule has 4 rings (SSSR count). The van der Waals surface area contributed by atoms with E-state index in [1.165, 1.54) is 19.3 Å². The smallest absolute Gasteiger partial charge is 0.317 e. The first-order chi connectivity index (χ1) is 15.1. The highest BCUT2D eigenvalue weighted by molar-refractivity contribution is 5.74. The monoisotopic (exact) mass is 426 g/mol. The number of nitrogens with one attached hydrogen (secondary N) is 1. The van der Waals surface area contributed by atoms with Crippen molar-refractivity contribution in [2.75, 3.05) is 32.8 Å². The normalized spacial score (nSPS) is 18.2. The fraction of sp³-hybridized carbons (Fsp3) is 0.583. The molecule has 2 heterocycles. The van der Waals surface area contributed by atoms with Gasteiger partial charge < -0.3 is 19.4 Å². The number of rotatable bonds is 6. The van der Waals surface area contributed by atoms with Crippen LogP contribution in [0.4, 0.5) is 4.79 Å². The molecule has 7 heteroatoms. The molecule has 1 aliphatic carbocycles. The van der Waals surface area contributed by atoms with Gasteiger partial charge in [-0.15, -0.1) is 0 Å². The van der Waals surface area contributed by atoms with E-state index in [4.69, 9.17) is 14.1 Å². The van der Waals surface area contributed by atoms with Crippen molar-refractivity contribution in [1.82, 2.24) is 20.1 Å². The lowest BCUT2D eigenvalue weighted by molar-refractivity contribution is 0.131. The van der Waals surface area contributed by atoms with Gasteiger partial charge in [-0.25, -0.2) is 9.78 Å². The molecule has 0 atom stereocenters. The summed E-state index contributed by atoms with van der Waals surface area (Å²) in [5.41, 5.74) is 1.91. The van der Waals surface area contributed by atoms with Gasteiger partial charge in [-0.05, 0) is 51.0 Å². The zero-order chi connectivity index (χ0) is 21.6. The van der Waals surface area contributed by atoms with Crippen LogP contribution in [0.15, 0.2) is 28.7 Å². The molecular weight excluding hydrogens is 392 g/mol. The molecule has 1 aromatic heterocycles. The second-order valence-corrected chi connectivity index (χ2v) is 8.53. The number of ether oxygens (including phenoxy) is 1. The first-order valence-electron chi connectivity index (χ1n) is 11.6. The maximum atomic E-state index is 12.6. The van der Waals surface area contributed by atoms with Gasteiger partial charge in [-0.3, -0.25) is 4.90 Å². The van der Waals surface area contributed by atoms with Crippen molar-refractivity contribution in [2.45, 2.75) is 58.5 Å². The number of nitrogens with zero attached hydrogens (tertiary/aromatic N) is 3. The van der Waals surface area contributed by atoms with E-state index in [1.807, 2.05) is 43.0 Å². The Morgan fingerprint density at radius 2 is 1.84 bits per heavy atom. The van der Waals surface area contributed by atoms with E-state index in [0.29, 0.717) is 18.5 Å². The Balaban J connectivity index is 1.29. The van der Waals surface area contributed by atoms with Crippen molar-refractivity contribution in [3.05, 3.63) is 35.7 Å². The molecule has 7 nitrogen and oxygen atoms in total. The van der Waals surface area contributed by atoms with E-state index < -0.39 is 0 Å². The molecule has 2 aliphatic rings. The summed E-state index contributed by atoms with van der Waals surface area (Å²) in [7, 11) is 0. The van der Waals surface area contributed by atoms with Crippen LogP contribution in [0.25, 0.3) is 11.5 Å². The topological polar surface area (TPSA) is 70.8 Å². The van der Waals surface area contributed by atoms with Crippen LogP contribution in [0.5, 0.6) is 5.75 Å². The number of oxazole rings is 1. The first kappa shape index (κ1) is 21.7. The summed E-state index contributed by atoms with van der Waals surface area (Å²) in [5, 5.41) is 3.23. The molecule has 0 bridgehead atoms. The van der Waals surface area contributed by atoms with Gasteiger partial charge in [0.2, 0.25) is 5.89 Å². The van der Waals surface area contributed by atoms with Gasteiger partial charge in [-0.1, -0.05) is 19.3 Å². The van der Waals surface area contributed by atoms with Crippen molar-refractivity contribution in [1.29, 1.82) is 0 Å². The summed E-state index contributed by atoms with van der Waals surface area (Å²) >= 11 is 0. The maximum Gasteiger partial charge on any atom is 0.317 e. The fourth-order valence-corrected chi connectivity index (χ4v) is 4.39. The highest BCUT2D eigenvalue weighted by Gasteiger charge is 2.25. The van der Waals surface area contributed by atoms with Crippen LogP contribution in [0.1, 0.15) is 50.5 Å². The Morgan fingerprint density at radius 3 is 2.52 bits per heavy atom. The third-order valence-electron chi connectivity index (χ3n) is 6.27. The molecular formula is C24H34N4O3. The summed E-state index contributed by atoms with van der Waals surface area (Å²) < 4.78 is 11.4. The summed E-state index contributed by atoms with van der Waals surface area (Å²) in [5.74, 6) is 2.34. The largest absolute Gasteiger partial charge is 0.494 e. The standard InChI is InChI=1S/C24H34N4O3/c1-3-30-21-11-9-19(10-12-21)23-26-22(18(2)31-23)17-27-13-15-28(16-14-27)24(29)25-20-7-5-4-6-8-20/h9-12,20H,3-8,13-17H2,1-2H3,(H,25,29). The Labute approximate surface area is 184 Å². The fourth-order valence-electron chi connectivity index (χ4n) is 4.39. The molecule has 0 spiro atoms. The second-order valence-electron chi connectivity index (χ2n) is 8.53. The van der Waals surface area contributed by atoms with Crippen molar-refractivity contribution in [2.24, 2.45) is 0 Å². The molecule has 0 radical (unpaired) electrons. The average Bonchev–Trinajstić information content (AvgIpc) is 3.16. The molecule has 31 heavy (non-hydrogen) atoms. The summed E-state index contributed by atoms with van der Waals surface area (Å²) in [6, 6.07) is 8.29. The predicted octanol–water partition coefficient (Wildman–Crippen LogP) is 4.21. The molecule has 2 fully saturated rings. The van der Waals surface area contributed by atoms with Crippen molar-refractivity contribution < 1.29 is 13.9 Å². The van der Waals surface area contributed by atoms with Crippen LogP contribution in [-0.4, -0.2) is 59.6 Å². The van der Waals surface area contributed by atoms with E-state index in [9.17, 15) is 4.79 Å². The predicted molar refractivity (Wildman–Crippen MR) is 120 cm³/mol. The number of piperazine rings is 1. The zero-order valence-electron chi connectivity index (χ0n) is 18.7. The third kappa shape index (κ3) is 5.58. The lowest BCUT2D eigenvalue weighted by Gasteiger charge is -2.35. The number of aromatic nitrogens is 1. The SMILES string of the molecule is CCOc1ccc(-c2nc(CN3CCN(C(=O)NC4CCCCC4)CC3)c(C)o2)cc1. The van der Waals surface area contributed by atoms with E-state index in [-0.39, 0.29) is 6.03 Å². The van der Waals surface area contributed by atoms with Crippen LogP contribution in [0.3, 0.4) is 0 Å². The number of hydrogen-bond donors (Lipinski definition) is 1. The van der Waals surface area contributed by atoms with Crippen molar-refractivity contribution in [3.63, 3.8) is 0 Å². The quantitative estimate of drug-likeness (QED) is 0.749. The second kappa shape index (κ2) is 10.2. The molecule has 1 saturated carbocycles. The molecule has 2 amide bonds. The minimum atomic E-state index is 0.0990. The van der Waals surface area contributed by atoms with Gasteiger partial charge in [0.1, 0.15) is 11.5 Å². The van der Waals surface area contributed by atoms with Crippen LogP contribution < -0.4 is 10.1 Å². The number of urea groups is 1. The molecule has 1 N–H and O–H groups in total. The van der Waals surface area contributed by atoms with Crippen molar-refractivity contribution in [3.8, 4) is 17.2 Å². The van der Waals surface area contributed by atoms with Gasteiger partial charge in [0.15, 0.2) is 0 Å². The molecule has 1 aromatic carbocycles. The number of carbonyl (C=O) groups is 1. The summed E-state index contributed by atoms with van der Waals surface area (Å²) in [6.45, 7) is 8.53. The average molecular weight is 427 g/mol. The third-order valence-corrected chi connectivity index (χ3v) is 6.27. The van der Waals surface area contributed by atoms with E-state index in [2.05, 4.69) is 10.2 Å². The molecule has 0 unspecified atom stereocenters. The highest BCUT2D eigenvalue weighted by atomic mass is 16.5. The van der Waals surface area contributed by atoms with Gasteiger partial charge in [-0.2, -0.15) is 0 Å². The molecule has 2 aromatic rings. The molecule has 1 aliphatic heterocycles. The van der Waals surface area contributed by atoms with E-state index >= 15 is 0 Å². The lowest BCUT2D eigenvalue weighted by atomic mass is 9.96. The number of benzene rings is 1. The summed E-state index contributed by atoms with van der Waals surface area (Å²) in [4.78, 5) is 21.6. The lowest BCUT2D eigenvalue weighted by Crippen LogP contribution is -2.53. The molecule has 168 valence electrons. The van der Waals surface area contributed by atoms with Crippen LogP contribution in [0.2, 0.25) is 0 Å². The van der Waals surface area contributed by atoms with E-state index in [0.717, 1.165) is 68.3 Å². The number of amides is 2. The van der Waals surface area contributed by atoms with Gasteiger partial charge in [0.05, 0.1) is 12.3 Å². The Morgan fingerprint density at radius 1 is 1.13 bits per heavy atom. The Hall–Kier alpha value is -2.54. The van der Waals surface area contributed by atoms with Gasteiger partial charge in [0, 0.05) is 44.3 Å². The number of hydrogen-bond acceptors (Lipinski definition) is 5. The zero-order valence-corrected chi connectivity index (χ0v) is 18.7. The van der Waals surface area contributed by atoms with Crippen molar-refractivity contribution >= 4 is 6.03 Å². The number of carbonyl (C=O) groups excluding carboxylic acids is 1. The highest BCUT2D eigenvalue weighted by Crippen LogP contribution is 2.25. The van der Waals surface area contributed by atoms with Gasteiger partial charge in [0.25, 0.3) is 0 Å². The van der Waals surface area contributed by atoms with E-state index in [1.54, 1.807) is 0 Å². The van der Waals surface area contributed by atoms with Crippen LogP contribution in [-0.2, 0) is 6.54 Å². The Bertz CT molecular complexity index is 850. The van der Waals surface area contributed by atoms with Crippen LogP contribution >= 0.6 is 0 Å². The maximum absolute atomic E-state index is 12.6. The minimum Gasteiger partial charge on any atom is -0.494 e. The molecule has 1 saturated heterocycles.